The van der Waals surface area contributed by atoms with E-state index in [9.17, 15) is 0 Å². The molecule has 62 heavy (non-hydrogen) atoms. The van der Waals surface area contributed by atoms with E-state index in [1.54, 1.807) is 0 Å². The van der Waals surface area contributed by atoms with E-state index < -0.39 is 8.07 Å². The number of fused-ring (bicyclic) bond motifs is 4. The zero-order valence-corrected chi connectivity index (χ0v) is 37.6. The second-order valence-corrected chi connectivity index (χ2v) is 21.6. The van der Waals surface area contributed by atoms with Crippen molar-refractivity contribution >= 4 is 67.7 Å². The van der Waals surface area contributed by atoms with Gasteiger partial charge in [0.15, 0.2) is 8.07 Å². The topological polar surface area (TPSA) is 24.3 Å². The van der Waals surface area contributed by atoms with Crippen LogP contribution in [0.4, 0.5) is 17.1 Å². The van der Waals surface area contributed by atoms with Crippen molar-refractivity contribution in [3.63, 3.8) is 0 Å². The molecule has 0 N–H and O–H groups in total. The first-order valence-corrected chi connectivity index (χ1v) is 24.2. The zero-order valence-electron chi connectivity index (χ0n) is 36.6. The Morgan fingerprint density at radius 3 is 1.74 bits per heavy atom. The van der Waals surface area contributed by atoms with Crippen LogP contribution in [0.3, 0.4) is 0 Å². The molecule has 0 saturated heterocycles. The van der Waals surface area contributed by atoms with Crippen molar-refractivity contribution in [2.45, 2.75) is 59.4 Å². The quantitative estimate of drug-likeness (QED) is 0.101. The number of rotatable bonds is 10. The molecule has 4 nitrogen and oxygen atoms in total. The number of hydrogen-bond acceptors (Lipinski definition) is 3. The van der Waals surface area contributed by atoms with E-state index in [1.807, 2.05) is 6.20 Å². The molecular weight excluding hydrogens is 769 g/mol. The number of pyridine rings is 1. The van der Waals surface area contributed by atoms with Gasteiger partial charge in [-0.15, -0.1) is 0 Å². The molecule has 0 unspecified atom stereocenters. The van der Waals surface area contributed by atoms with Gasteiger partial charge in [-0.25, -0.2) is 4.98 Å². The minimum Gasteiger partial charge on any atom is -0.349 e. The van der Waals surface area contributed by atoms with Crippen LogP contribution >= 0.6 is 0 Å². The van der Waals surface area contributed by atoms with E-state index in [2.05, 4.69) is 238 Å². The van der Waals surface area contributed by atoms with E-state index in [1.165, 1.54) is 70.8 Å². The molecule has 0 bridgehead atoms. The number of nitrogens with zero attached hydrogens (tertiary/aromatic N) is 4. The summed E-state index contributed by atoms with van der Waals surface area (Å²) in [4.78, 5) is 10.2. The van der Waals surface area contributed by atoms with Crippen molar-refractivity contribution in [2.24, 2.45) is 0 Å². The van der Waals surface area contributed by atoms with Gasteiger partial charge in [0.1, 0.15) is 5.82 Å². The highest BCUT2D eigenvalue weighted by Gasteiger charge is 2.42. The molecule has 0 spiro atoms. The predicted octanol–water partition coefficient (Wildman–Crippen LogP) is 11.8. The normalized spacial score (nSPS) is 13.0. The van der Waals surface area contributed by atoms with Gasteiger partial charge in [0.2, 0.25) is 0 Å². The predicted molar refractivity (Wildman–Crippen MR) is 267 cm³/mol. The van der Waals surface area contributed by atoms with Gasteiger partial charge in [0.05, 0.1) is 29.1 Å². The van der Waals surface area contributed by atoms with Crippen LogP contribution in [0.25, 0.3) is 38.8 Å². The van der Waals surface area contributed by atoms with Gasteiger partial charge in [0, 0.05) is 28.7 Å². The highest BCUT2D eigenvalue weighted by Crippen LogP contribution is 2.42. The first-order valence-electron chi connectivity index (χ1n) is 22.2. The first kappa shape index (κ1) is 39.4. The van der Waals surface area contributed by atoms with Gasteiger partial charge in [-0.1, -0.05) is 161 Å². The maximum Gasteiger partial charge on any atom is 0.179 e. The summed E-state index contributed by atoms with van der Waals surface area (Å²) in [6.45, 7) is 14.6. The lowest BCUT2D eigenvalue weighted by Gasteiger charge is -2.35. The third-order valence-corrected chi connectivity index (χ3v) is 17.9. The fraction of sp³-hybridized carbons (Fsp3) is 0.175. The SMILES string of the molecule is CC(C)c1cccc(C(C)C)c1-c1ccnc(-n2c3ccccc3c3ccc([Si](c4ccccc4)(c4ccccc4)c4cccc(N5CN(C(C)C)c6ccccc65)c4)cc32)c1. The lowest BCUT2D eigenvalue weighted by Crippen LogP contribution is -2.74. The average molecular weight is 823 g/mol. The number of hydrogen-bond donors (Lipinski definition) is 0. The summed E-state index contributed by atoms with van der Waals surface area (Å²) >= 11 is 0. The van der Waals surface area contributed by atoms with Gasteiger partial charge in [0.25, 0.3) is 0 Å². The van der Waals surface area contributed by atoms with Crippen molar-refractivity contribution < 1.29 is 0 Å². The first-order chi connectivity index (χ1) is 30.3. The number of benzene rings is 7. The average Bonchev–Trinajstić information content (AvgIpc) is 3.86. The van der Waals surface area contributed by atoms with Crippen LogP contribution in [-0.2, 0) is 0 Å². The Kier molecular flexibility index (Phi) is 10.2. The summed E-state index contributed by atoms with van der Waals surface area (Å²) in [7, 11) is -2.98. The Labute approximate surface area is 367 Å². The number of aromatic nitrogens is 2. The van der Waals surface area contributed by atoms with Crippen molar-refractivity contribution in [1.82, 2.24) is 9.55 Å². The third kappa shape index (κ3) is 6.46. The molecule has 2 aromatic heterocycles. The third-order valence-electron chi connectivity index (χ3n) is 13.1. The fourth-order valence-electron chi connectivity index (χ4n) is 10.2. The molecular formula is C57H54N4Si. The summed E-state index contributed by atoms with van der Waals surface area (Å²) in [5.74, 6) is 1.70. The van der Waals surface area contributed by atoms with Crippen molar-refractivity contribution in [1.29, 1.82) is 0 Å². The van der Waals surface area contributed by atoms with Crippen LogP contribution in [0.5, 0.6) is 0 Å². The molecule has 0 saturated carbocycles. The van der Waals surface area contributed by atoms with E-state index in [4.69, 9.17) is 4.98 Å². The summed E-state index contributed by atoms with van der Waals surface area (Å²) in [6, 6.07) is 68.8. The van der Waals surface area contributed by atoms with E-state index in [0.29, 0.717) is 17.9 Å². The van der Waals surface area contributed by atoms with Gasteiger partial charge in [-0.2, -0.15) is 0 Å². The van der Waals surface area contributed by atoms with Gasteiger partial charge in [-0.3, -0.25) is 4.57 Å². The van der Waals surface area contributed by atoms with Gasteiger partial charge in [-0.05, 0) is 117 Å². The van der Waals surface area contributed by atoms with E-state index in [-0.39, 0.29) is 0 Å². The Morgan fingerprint density at radius 2 is 1.06 bits per heavy atom. The largest absolute Gasteiger partial charge is 0.349 e. The molecule has 0 fully saturated rings. The molecule has 5 heteroatoms. The van der Waals surface area contributed by atoms with Crippen molar-refractivity contribution in [2.75, 3.05) is 16.5 Å². The van der Waals surface area contributed by atoms with Crippen LogP contribution in [0.2, 0.25) is 0 Å². The van der Waals surface area contributed by atoms with Crippen molar-refractivity contribution in [3.8, 4) is 16.9 Å². The number of anilines is 3. The van der Waals surface area contributed by atoms with Gasteiger partial charge < -0.3 is 9.80 Å². The molecule has 1 aliphatic rings. The maximum atomic E-state index is 5.18. The Bertz CT molecular complexity index is 2990. The van der Waals surface area contributed by atoms with Crippen molar-refractivity contribution in [3.05, 3.63) is 199 Å². The highest BCUT2D eigenvalue weighted by molar-refractivity contribution is 7.20. The molecule has 306 valence electrons. The molecule has 0 radical (unpaired) electrons. The summed E-state index contributed by atoms with van der Waals surface area (Å²) in [6.07, 6.45) is 2.01. The second kappa shape index (κ2) is 16.0. The molecule has 0 amide bonds. The summed E-state index contributed by atoms with van der Waals surface area (Å²) < 4.78 is 2.41. The molecule has 9 aromatic rings. The molecule has 0 aliphatic carbocycles. The van der Waals surface area contributed by atoms with Crippen LogP contribution in [0.1, 0.15) is 64.5 Å². The van der Waals surface area contributed by atoms with E-state index in [0.717, 1.165) is 23.5 Å². The van der Waals surface area contributed by atoms with E-state index >= 15 is 0 Å². The molecule has 7 aromatic carbocycles. The molecule has 10 rings (SSSR count). The minimum atomic E-state index is -2.98. The van der Waals surface area contributed by atoms with Crippen LogP contribution < -0.4 is 30.5 Å². The summed E-state index contributed by atoms with van der Waals surface area (Å²) in [5.41, 5.74) is 11.3. The lowest BCUT2D eigenvalue weighted by molar-refractivity contribution is 0.709. The zero-order chi connectivity index (χ0) is 42.5. The number of para-hydroxylation sites is 3. The second-order valence-electron chi connectivity index (χ2n) is 17.8. The van der Waals surface area contributed by atoms with Gasteiger partial charge >= 0.3 is 0 Å². The smallest absolute Gasteiger partial charge is 0.179 e. The molecule has 1 aliphatic heterocycles. The highest BCUT2D eigenvalue weighted by atomic mass is 28.3. The Balaban J connectivity index is 1.23. The van der Waals surface area contributed by atoms with Crippen LogP contribution in [-0.4, -0.2) is 30.3 Å². The summed E-state index contributed by atoms with van der Waals surface area (Å²) in [5, 5.41) is 7.83. The Hall–Kier alpha value is -6.69. The van der Waals surface area contributed by atoms with Crippen LogP contribution in [0, 0.1) is 0 Å². The minimum absolute atomic E-state index is 0.377. The van der Waals surface area contributed by atoms with Crippen LogP contribution in [0.15, 0.2) is 188 Å². The molecule has 0 atom stereocenters. The standard InChI is InChI=1S/C57H54N4Si/c1-39(2)48-26-18-27-49(40(3)4)57(48)42-33-34-58-56(35-42)61-52-28-14-13-25-50(52)51-32-31-47(37-55(51)61)62(44-20-9-7-10-21-44,45-22-11-8-12-23-45)46-24-17-19-43(36-46)60-38-59(41(5)6)53-29-15-16-30-54(53)60/h7-37,39-41H,38H2,1-6H3. The lowest BCUT2D eigenvalue weighted by atomic mass is 9.85. The maximum absolute atomic E-state index is 5.18. The Morgan fingerprint density at radius 1 is 0.484 bits per heavy atom. The fourth-order valence-corrected chi connectivity index (χ4v) is 15.0. The monoisotopic (exact) mass is 822 g/mol. The molecule has 3 heterocycles.